The van der Waals surface area contributed by atoms with Gasteiger partial charge >= 0.3 is 0 Å². The molecule has 0 radical (unpaired) electrons. The van der Waals surface area contributed by atoms with Crippen molar-refractivity contribution >= 4 is 5.91 Å². The number of nitrogens with one attached hydrogen (secondary N) is 3. The molecule has 0 aliphatic rings. The number of hydrogen-bond acceptors (Lipinski definition) is 5. The number of amides is 1. The zero-order chi connectivity index (χ0) is 17.2. The van der Waals surface area contributed by atoms with Crippen molar-refractivity contribution in [2.45, 2.75) is 64.3 Å². The highest BCUT2D eigenvalue weighted by Crippen LogP contribution is 1.97. The summed E-state index contributed by atoms with van der Waals surface area (Å²) in [5, 5.41) is 9.75. The summed E-state index contributed by atoms with van der Waals surface area (Å²) in [6.07, 6.45) is 8.43. The first-order valence-corrected chi connectivity index (χ1v) is 9.37. The summed E-state index contributed by atoms with van der Waals surface area (Å²) >= 11 is 0. The van der Waals surface area contributed by atoms with Crippen LogP contribution in [0, 0.1) is 0 Å². The molecule has 0 aliphatic heterocycles. The second-order valence-corrected chi connectivity index (χ2v) is 6.10. The average Bonchev–Trinajstić information content (AvgIpc) is 2.55. The number of carbonyl (C=O) groups is 1. The fraction of sp³-hybridized carbons (Fsp3) is 0.941. The van der Waals surface area contributed by atoms with Crippen LogP contribution in [0.4, 0.5) is 0 Å². The molecule has 0 saturated carbocycles. The van der Waals surface area contributed by atoms with Gasteiger partial charge in [-0.1, -0.05) is 19.8 Å². The molecule has 7 N–H and O–H groups in total. The molecule has 0 bridgehead atoms. The van der Waals surface area contributed by atoms with E-state index in [9.17, 15) is 4.79 Å². The smallest absolute Gasteiger partial charge is 0.236 e. The second-order valence-electron chi connectivity index (χ2n) is 6.10. The molecule has 0 heterocycles. The first kappa shape index (κ1) is 22.3. The molecule has 6 heteroatoms. The summed E-state index contributed by atoms with van der Waals surface area (Å²) in [4.78, 5) is 11.7. The third-order valence-electron chi connectivity index (χ3n) is 3.80. The molecule has 0 unspecified atom stereocenters. The Morgan fingerprint density at radius 2 is 1.48 bits per heavy atom. The molecule has 1 amide bonds. The van der Waals surface area contributed by atoms with Gasteiger partial charge in [-0.05, 0) is 71.2 Å². The number of rotatable bonds is 17. The normalized spacial score (nSPS) is 12.3. The van der Waals surface area contributed by atoms with Crippen molar-refractivity contribution < 1.29 is 4.79 Å². The zero-order valence-electron chi connectivity index (χ0n) is 15.0. The fourth-order valence-corrected chi connectivity index (χ4v) is 2.25. The highest BCUT2D eigenvalue weighted by Gasteiger charge is 2.11. The molecule has 6 nitrogen and oxygen atoms in total. The molecular weight excluding hydrogens is 290 g/mol. The third-order valence-corrected chi connectivity index (χ3v) is 3.80. The minimum absolute atomic E-state index is 0.0415. The number of unbranched alkanes of at least 4 members (excludes halogenated alkanes) is 3. The fourth-order valence-electron chi connectivity index (χ4n) is 2.25. The molecule has 0 aromatic carbocycles. The largest absolute Gasteiger partial charge is 0.355 e. The lowest BCUT2D eigenvalue weighted by Crippen LogP contribution is -2.41. The Balaban J connectivity index is 3.24. The van der Waals surface area contributed by atoms with Crippen LogP contribution in [0.1, 0.15) is 58.3 Å². The first-order valence-electron chi connectivity index (χ1n) is 9.37. The van der Waals surface area contributed by atoms with Gasteiger partial charge in [-0.25, -0.2) is 0 Å². The molecule has 138 valence electrons. The van der Waals surface area contributed by atoms with E-state index in [4.69, 9.17) is 11.5 Å². The van der Waals surface area contributed by atoms with E-state index < -0.39 is 6.04 Å². The quantitative estimate of drug-likeness (QED) is 0.253. The summed E-state index contributed by atoms with van der Waals surface area (Å²) in [5.74, 6) is -0.0415. The Kier molecular flexibility index (Phi) is 17.1. The zero-order valence-corrected chi connectivity index (χ0v) is 15.0. The van der Waals surface area contributed by atoms with E-state index in [2.05, 4.69) is 22.9 Å². The highest BCUT2D eigenvalue weighted by atomic mass is 16.2. The van der Waals surface area contributed by atoms with Gasteiger partial charge in [-0.2, -0.15) is 0 Å². The summed E-state index contributed by atoms with van der Waals surface area (Å²) in [6, 6.07) is -0.394. The molecule has 0 fully saturated rings. The first-order chi connectivity index (χ1) is 11.2. The lowest BCUT2D eigenvalue weighted by atomic mass is 10.1. The Morgan fingerprint density at radius 3 is 2.09 bits per heavy atom. The van der Waals surface area contributed by atoms with Gasteiger partial charge in [0.1, 0.15) is 0 Å². The minimum Gasteiger partial charge on any atom is -0.355 e. The molecule has 0 aromatic rings. The van der Waals surface area contributed by atoms with Gasteiger partial charge in [-0.3, -0.25) is 4.79 Å². The Morgan fingerprint density at radius 1 is 0.870 bits per heavy atom. The van der Waals surface area contributed by atoms with Crippen LogP contribution in [-0.2, 0) is 4.79 Å². The molecule has 0 aromatic heterocycles. The van der Waals surface area contributed by atoms with Gasteiger partial charge in [0, 0.05) is 6.54 Å². The monoisotopic (exact) mass is 329 g/mol. The summed E-state index contributed by atoms with van der Waals surface area (Å²) in [5.41, 5.74) is 11.2. The van der Waals surface area contributed by atoms with E-state index in [1.165, 1.54) is 25.7 Å². The van der Waals surface area contributed by atoms with Crippen LogP contribution in [-0.4, -0.2) is 51.2 Å². The number of carbonyl (C=O) groups excluding carboxylic acids is 1. The van der Waals surface area contributed by atoms with Crippen LogP contribution in [0.15, 0.2) is 0 Å². The lowest BCUT2D eigenvalue weighted by Gasteiger charge is -2.12. The van der Waals surface area contributed by atoms with E-state index in [1.807, 2.05) is 0 Å². The van der Waals surface area contributed by atoms with Gasteiger partial charge in [0.25, 0.3) is 0 Å². The Labute approximate surface area is 142 Å². The van der Waals surface area contributed by atoms with Gasteiger partial charge in [0.2, 0.25) is 5.91 Å². The van der Waals surface area contributed by atoms with Crippen molar-refractivity contribution in [2.75, 3.05) is 39.3 Å². The number of nitrogens with two attached hydrogens (primary N) is 2. The predicted octanol–water partition coefficient (Wildman–Crippen LogP) is 0.709. The average molecular weight is 330 g/mol. The molecule has 0 aliphatic carbocycles. The Hall–Kier alpha value is -0.690. The third kappa shape index (κ3) is 16.0. The molecule has 0 saturated heterocycles. The lowest BCUT2D eigenvalue weighted by molar-refractivity contribution is -0.122. The van der Waals surface area contributed by atoms with Crippen molar-refractivity contribution in [1.29, 1.82) is 0 Å². The maximum absolute atomic E-state index is 11.7. The van der Waals surface area contributed by atoms with Gasteiger partial charge in [-0.15, -0.1) is 0 Å². The van der Waals surface area contributed by atoms with Gasteiger partial charge in [0.05, 0.1) is 6.04 Å². The van der Waals surface area contributed by atoms with Crippen LogP contribution in [0.25, 0.3) is 0 Å². The van der Waals surface area contributed by atoms with Crippen molar-refractivity contribution in [2.24, 2.45) is 11.5 Å². The van der Waals surface area contributed by atoms with Crippen molar-refractivity contribution in [1.82, 2.24) is 16.0 Å². The maximum Gasteiger partial charge on any atom is 0.236 e. The van der Waals surface area contributed by atoms with E-state index in [1.54, 1.807) is 0 Å². The molecule has 23 heavy (non-hydrogen) atoms. The van der Waals surface area contributed by atoms with Crippen molar-refractivity contribution in [3.63, 3.8) is 0 Å². The van der Waals surface area contributed by atoms with Crippen LogP contribution >= 0.6 is 0 Å². The summed E-state index contributed by atoms with van der Waals surface area (Å²) < 4.78 is 0. The van der Waals surface area contributed by atoms with Gasteiger partial charge < -0.3 is 27.4 Å². The van der Waals surface area contributed by atoms with E-state index >= 15 is 0 Å². The van der Waals surface area contributed by atoms with E-state index in [0.29, 0.717) is 19.5 Å². The predicted molar refractivity (Wildman–Crippen MR) is 98.4 cm³/mol. The maximum atomic E-state index is 11.7. The highest BCUT2D eigenvalue weighted by molar-refractivity contribution is 5.81. The van der Waals surface area contributed by atoms with Crippen LogP contribution in [0.3, 0.4) is 0 Å². The molecule has 0 rings (SSSR count). The van der Waals surface area contributed by atoms with E-state index in [-0.39, 0.29) is 5.91 Å². The SMILES string of the molecule is CCCCNCCCCNCCCNC(=O)[C@H](N)CCCCN. The number of hydrogen-bond donors (Lipinski definition) is 5. The summed E-state index contributed by atoms with van der Waals surface area (Å²) in [7, 11) is 0. The summed E-state index contributed by atoms with van der Waals surface area (Å²) in [6.45, 7) is 7.79. The van der Waals surface area contributed by atoms with Crippen molar-refractivity contribution in [3.05, 3.63) is 0 Å². The Bertz CT molecular complexity index is 263. The van der Waals surface area contributed by atoms with Crippen LogP contribution in [0.5, 0.6) is 0 Å². The van der Waals surface area contributed by atoms with Crippen LogP contribution in [0.2, 0.25) is 0 Å². The van der Waals surface area contributed by atoms with Crippen LogP contribution < -0.4 is 27.4 Å². The molecule has 1 atom stereocenters. The van der Waals surface area contributed by atoms with E-state index in [0.717, 1.165) is 45.4 Å². The molecular formula is C17H39N5O. The molecule has 0 spiro atoms. The van der Waals surface area contributed by atoms with Gasteiger partial charge in [0.15, 0.2) is 0 Å². The topological polar surface area (TPSA) is 105 Å². The minimum atomic E-state index is -0.394. The standard InChI is InChI=1S/C17H39N5O/c1-2-3-11-20-12-6-7-13-21-14-8-15-22-17(23)16(19)9-4-5-10-18/h16,20-21H,2-15,18-19H2,1H3,(H,22,23)/t16-/m1/s1. The van der Waals surface area contributed by atoms with Crippen molar-refractivity contribution in [3.8, 4) is 0 Å². The second kappa shape index (κ2) is 17.7.